The van der Waals surface area contributed by atoms with Crippen molar-refractivity contribution >= 4 is 55.4 Å². The van der Waals surface area contributed by atoms with Crippen LogP contribution in [-0.4, -0.2) is 52.5 Å². The molecule has 0 aliphatic carbocycles. The van der Waals surface area contributed by atoms with Gasteiger partial charge in [-0.15, -0.1) is 21.5 Å². The van der Waals surface area contributed by atoms with Gasteiger partial charge in [0.05, 0.1) is 22.9 Å². The van der Waals surface area contributed by atoms with Crippen molar-refractivity contribution < 1.29 is 4.74 Å². The summed E-state index contributed by atoms with van der Waals surface area (Å²) in [4.78, 5) is 12.2. The molecule has 1 N–H and O–H groups in total. The van der Waals surface area contributed by atoms with E-state index in [0.717, 1.165) is 49.7 Å². The van der Waals surface area contributed by atoms with Crippen molar-refractivity contribution in [3.05, 3.63) is 47.2 Å². The van der Waals surface area contributed by atoms with Crippen molar-refractivity contribution in [3.63, 3.8) is 0 Å². The highest BCUT2D eigenvalue weighted by Gasteiger charge is 2.23. The van der Waals surface area contributed by atoms with Gasteiger partial charge >= 0.3 is 0 Å². The van der Waals surface area contributed by atoms with Gasteiger partial charge < -0.3 is 15.0 Å². The summed E-state index contributed by atoms with van der Waals surface area (Å²) < 4.78 is 6.96. The smallest absolute Gasteiger partial charge is 0.208 e. The van der Waals surface area contributed by atoms with Gasteiger partial charge in [-0.2, -0.15) is 0 Å². The predicted molar refractivity (Wildman–Crippen MR) is 118 cm³/mol. The number of hydrogen-bond acceptors (Lipinski definition) is 9. The number of hydrogen-bond donors (Lipinski definition) is 1. The maximum Gasteiger partial charge on any atom is 0.208 e. The molecule has 4 aromatic rings. The van der Waals surface area contributed by atoms with Crippen LogP contribution in [0.25, 0.3) is 20.7 Å². The molecule has 1 unspecified atom stereocenters. The van der Waals surface area contributed by atoms with Crippen molar-refractivity contribution in [2.45, 2.75) is 6.10 Å². The Labute approximate surface area is 180 Å². The monoisotopic (exact) mass is 444 g/mol. The second-order valence-electron chi connectivity index (χ2n) is 6.60. The molecule has 10 heteroatoms. The number of morpholine rings is 1. The van der Waals surface area contributed by atoms with E-state index in [-0.39, 0.29) is 6.10 Å². The molecule has 29 heavy (non-hydrogen) atoms. The molecular weight excluding hydrogens is 428 g/mol. The Hall–Kier alpha value is -2.33. The Morgan fingerprint density at radius 1 is 1.24 bits per heavy atom. The van der Waals surface area contributed by atoms with Crippen LogP contribution in [-0.2, 0) is 4.74 Å². The van der Waals surface area contributed by atoms with E-state index in [2.05, 4.69) is 36.4 Å². The van der Waals surface area contributed by atoms with Crippen molar-refractivity contribution in [2.75, 3.05) is 36.5 Å². The van der Waals surface area contributed by atoms with Crippen LogP contribution in [0.2, 0.25) is 5.02 Å². The van der Waals surface area contributed by atoms with Gasteiger partial charge in [-0.3, -0.25) is 0 Å². The minimum Gasteiger partial charge on any atom is -0.373 e. The van der Waals surface area contributed by atoms with E-state index >= 15 is 0 Å². The Balaban J connectivity index is 1.32. The molecule has 148 valence electrons. The fourth-order valence-corrected chi connectivity index (χ4v) is 5.07. The molecule has 1 saturated heterocycles. The summed E-state index contributed by atoms with van der Waals surface area (Å²) in [7, 11) is 0. The molecule has 1 aliphatic rings. The van der Waals surface area contributed by atoms with E-state index in [9.17, 15) is 0 Å². The van der Waals surface area contributed by atoms with Gasteiger partial charge in [0.25, 0.3) is 0 Å². The number of rotatable bonds is 5. The van der Waals surface area contributed by atoms with Crippen molar-refractivity contribution in [3.8, 4) is 10.4 Å². The van der Waals surface area contributed by atoms with Crippen LogP contribution >= 0.6 is 34.3 Å². The number of nitrogens with one attached hydrogen (secondary N) is 1. The minimum atomic E-state index is 0.0494. The minimum absolute atomic E-state index is 0.0494. The van der Waals surface area contributed by atoms with E-state index in [1.807, 2.05) is 24.3 Å². The molecule has 5 rings (SSSR count). The molecule has 1 aliphatic heterocycles. The molecule has 7 nitrogen and oxygen atoms in total. The third-order valence-corrected chi connectivity index (χ3v) is 6.88. The van der Waals surface area contributed by atoms with E-state index in [1.54, 1.807) is 34.5 Å². The van der Waals surface area contributed by atoms with Gasteiger partial charge in [0.1, 0.15) is 17.7 Å². The molecule has 3 aromatic heterocycles. The number of ether oxygens (including phenoxy) is 1. The predicted octanol–water partition coefficient (Wildman–Crippen LogP) is 4.18. The van der Waals surface area contributed by atoms with E-state index in [0.29, 0.717) is 13.2 Å². The van der Waals surface area contributed by atoms with Gasteiger partial charge in [0.15, 0.2) is 0 Å². The van der Waals surface area contributed by atoms with Crippen LogP contribution in [0, 0.1) is 0 Å². The first kappa shape index (κ1) is 18.7. The summed E-state index contributed by atoms with van der Waals surface area (Å²) in [6, 6.07) is 9.92. The number of aromatic nitrogens is 4. The zero-order valence-electron chi connectivity index (χ0n) is 15.3. The number of anilines is 2. The lowest BCUT2D eigenvalue weighted by Crippen LogP contribution is -2.45. The standard InChI is InChI=1S/C19H17ClN6OS2/c20-13-3-1-12(2-4-13)16-7-15-17(29-16)18(23-10-22-15)21-8-14-9-26(5-6-27-14)19-25-24-11-28-19/h1-4,7,10-11,14H,5-6,8-9H2,(H,21,22,23). The summed E-state index contributed by atoms with van der Waals surface area (Å²) >= 11 is 9.23. The van der Waals surface area contributed by atoms with Gasteiger partial charge in [-0.1, -0.05) is 35.1 Å². The molecule has 1 fully saturated rings. The topological polar surface area (TPSA) is 76.1 Å². The second-order valence-corrected chi connectivity index (χ2v) is 8.90. The zero-order chi connectivity index (χ0) is 19.6. The third-order valence-electron chi connectivity index (χ3n) is 4.69. The molecule has 0 saturated carbocycles. The Morgan fingerprint density at radius 3 is 2.97 bits per heavy atom. The summed E-state index contributed by atoms with van der Waals surface area (Å²) in [5, 5.41) is 13.2. The average Bonchev–Trinajstić information content (AvgIpc) is 3.43. The molecule has 1 aromatic carbocycles. The highest BCUT2D eigenvalue weighted by Crippen LogP contribution is 2.36. The summed E-state index contributed by atoms with van der Waals surface area (Å²) in [6.45, 7) is 2.94. The van der Waals surface area contributed by atoms with Crippen molar-refractivity contribution in [2.24, 2.45) is 0 Å². The lowest BCUT2D eigenvalue weighted by Gasteiger charge is -2.32. The lowest BCUT2D eigenvalue weighted by molar-refractivity contribution is 0.0492. The Morgan fingerprint density at radius 2 is 2.14 bits per heavy atom. The maximum atomic E-state index is 6.01. The van der Waals surface area contributed by atoms with Crippen LogP contribution in [0.5, 0.6) is 0 Å². The maximum absolute atomic E-state index is 6.01. The van der Waals surface area contributed by atoms with Crippen LogP contribution in [0.3, 0.4) is 0 Å². The van der Waals surface area contributed by atoms with E-state index in [1.165, 1.54) is 0 Å². The van der Waals surface area contributed by atoms with Gasteiger partial charge in [0.2, 0.25) is 5.13 Å². The number of halogens is 1. The SMILES string of the molecule is Clc1ccc(-c2cc3ncnc(NCC4CN(c5nncs5)CCO4)c3s2)cc1. The molecule has 0 radical (unpaired) electrons. The van der Waals surface area contributed by atoms with Crippen molar-refractivity contribution in [1.29, 1.82) is 0 Å². The van der Waals surface area contributed by atoms with Gasteiger partial charge in [-0.05, 0) is 23.8 Å². The quantitative estimate of drug-likeness (QED) is 0.494. The number of fused-ring (bicyclic) bond motifs is 1. The average molecular weight is 445 g/mol. The van der Waals surface area contributed by atoms with Crippen molar-refractivity contribution in [1.82, 2.24) is 20.2 Å². The van der Waals surface area contributed by atoms with Gasteiger partial charge in [-0.25, -0.2) is 9.97 Å². The second kappa shape index (κ2) is 8.19. The van der Waals surface area contributed by atoms with Crippen LogP contribution in [0.15, 0.2) is 42.2 Å². The zero-order valence-corrected chi connectivity index (χ0v) is 17.7. The summed E-state index contributed by atoms with van der Waals surface area (Å²) in [5.74, 6) is 0.830. The molecule has 1 atom stereocenters. The first-order valence-corrected chi connectivity index (χ1v) is 11.2. The molecule has 0 bridgehead atoms. The van der Waals surface area contributed by atoms with E-state index in [4.69, 9.17) is 16.3 Å². The molecule has 4 heterocycles. The van der Waals surface area contributed by atoms with Crippen LogP contribution in [0.4, 0.5) is 10.9 Å². The Bertz CT molecular complexity index is 1100. The fraction of sp³-hybridized carbons (Fsp3) is 0.263. The Kier molecular flexibility index (Phi) is 5.28. The molecular formula is C19H17ClN6OS2. The molecule has 0 spiro atoms. The number of thiophene rings is 1. The van der Waals surface area contributed by atoms with E-state index < -0.39 is 0 Å². The molecule has 0 amide bonds. The first-order chi connectivity index (χ1) is 14.3. The number of nitrogens with zero attached hydrogens (tertiary/aromatic N) is 5. The highest BCUT2D eigenvalue weighted by atomic mass is 35.5. The summed E-state index contributed by atoms with van der Waals surface area (Å²) in [6.07, 6.45) is 1.64. The third kappa shape index (κ3) is 4.04. The number of benzene rings is 1. The summed E-state index contributed by atoms with van der Waals surface area (Å²) in [5.41, 5.74) is 3.80. The highest BCUT2D eigenvalue weighted by molar-refractivity contribution is 7.22. The first-order valence-electron chi connectivity index (χ1n) is 9.13. The normalized spacial score (nSPS) is 17.0. The van der Waals surface area contributed by atoms with Gasteiger partial charge in [0, 0.05) is 29.5 Å². The largest absolute Gasteiger partial charge is 0.373 e. The fourth-order valence-electron chi connectivity index (χ4n) is 3.27. The van der Waals surface area contributed by atoms with Crippen LogP contribution < -0.4 is 10.2 Å². The van der Waals surface area contributed by atoms with Crippen LogP contribution in [0.1, 0.15) is 0 Å². The lowest BCUT2D eigenvalue weighted by atomic mass is 10.2.